The summed E-state index contributed by atoms with van der Waals surface area (Å²) in [6, 6.07) is 9.59. The molecule has 1 saturated heterocycles. The summed E-state index contributed by atoms with van der Waals surface area (Å²) in [5.41, 5.74) is 0.704. The third-order valence-corrected chi connectivity index (χ3v) is 6.70. The van der Waals surface area contributed by atoms with E-state index in [1.54, 1.807) is 0 Å². The van der Waals surface area contributed by atoms with Crippen molar-refractivity contribution in [2.75, 3.05) is 27.2 Å². The fourth-order valence-corrected chi connectivity index (χ4v) is 4.71. The maximum absolute atomic E-state index is 14.6. The van der Waals surface area contributed by atoms with Gasteiger partial charge in [0, 0.05) is 24.7 Å². The molecule has 1 fully saturated rings. The average molecular weight is 391 g/mol. The summed E-state index contributed by atoms with van der Waals surface area (Å²) < 4.78 is 56.0. The first-order chi connectivity index (χ1) is 12.7. The molecule has 0 amide bonds. The summed E-state index contributed by atoms with van der Waals surface area (Å²) in [6.07, 6.45) is 0.639. The molecule has 0 aliphatic carbocycles. The van der Waals surface area contributed by atoms with E-state index in [1.807, 2.05) is 25.1 Å². The first kappa shape index (κ1) is 19.4. The maximum atomic E-state index is 14.6. The highest BCUT2D eigenvalue weighted by atomic mass is 32.2. The van der Waals surface area contributed by atoms with Crippen molar-refractivity contribution in [2.45, 2.75) is 17.4 Å². The van der Waals surface area contributed by atoms with Crippen LogP contribution in [0.4, 0.5) is 8.78 Å². The van der Waals surface area contributed by atoms with E-state index < -0.39 is 26.6 Å². The van der Waals surface area contributed by atoms with Gasteiger partial charge in [0.1, 0.15) is 16.5 Å². The van der Waals surface area contributed by atoms with Crippen LogP contribution in [0.3, 0.4) is 0 Å². The normalized spacial score (nSPS) is 18.0. The molecule has 0 N–H and O–H groups in total. The average Bonchev–Trinajstić information content (AvgIpc) is 3.15. The van der Waals surface area contributed by atoms with Crippen molar-refractivity contribution in [3.63, 3.8) is 0 Å². The minimum Gasteiger partial charge on any atom is -0.305 e. The van der Waals surface area contributed by atoms with Crippen LogP contribution >= 0.6 is 0 Å². The zero-order valence-electron chi connectivity index (χ0n) is 15.0. The van der Waals surface area contributed by atoms with Gasteiger partial charge in [-0.15, -0.1) is 0 Å². The first-order valence-corrected chi connectivity index (χ1v) is 9.84. The Morgan fingerprint density at radius 2 is 1.81 bits per heavy atom. The smallest absolute Gasteiger partial charge is 0.246 e. The number of nitriles is 1. The number of hydrogen-bond donors (Lipinski definition) is 0. The molecule has 142 valence electrons. The molecule has 0 radical (unpaired) electrons. The van der Waals surface area contributed by atoms with Crippen LogP contribution in [0.15, 0.2) is 41.3 Å². The number of hydrogen-bond acceptors (Lipinski definition) is 4. The third kappa shape index (κ3) is 3.72. The highest BCUT2D eigenvalue weighted by Crippen LogP contribution is 2.30. The van der Waals surface area contributed by atoms with Crippen LogP contribution in [0.5, 0.6) is 0 Å². The van der Waals surface area contributed by atoms with Gasteiger partial charge in [-0.2, -0.15) is 9.57 Å². The van der Waals surface area contributed by atoms with Gasteiger partial charge in [-0.25, -0.2) is 17.2 Å². The fourth-order valence-electron chi connectivity index (χ4n) is 3.16. The largest absolute Gasteiger partial charge is 0.305 e. The second-order valence-electron chi connectivity index (χ2n) is 6.72. The molecule has 1 heterocycles. The zero-order chi connectivity index (χ0) is 19.8. The molecule has 8 heteroatoms. The Bertz CT molecular complexity index is 999. The lowest BCUT2D eigenvalue weighted by Crippen LogP contribution is -2.34. The lowest BCUT2D eigenvalue weighted by Gasteiger charge is -2.20. The van der Waals surface area contributed by atoms with Crippen molar-refractivity contribution in [3.8, 4) is 17.2 Å². The van der Waals surface area contributed by atoms with Crippen LogP contribution in [0, 0.1) is 23.0 Å². The summed E-state index contributed by atoms with van der Waals surface area (Å²) >= 11 is 0. The molecule has 1 aliphatic rings. The zero-order valence-corrected chi connectivity index (χ0v) is 15.8. The predicted octanol–water partition coefficient (Wildman–Crippen LogP) is 2.83. The van der Waals surface area contributed by atoms with Crippen LogP contribution in [0.2, 0.25) is 0 Å². The van der Waals surface area contributed by atoms with Crippen molar-refractivity contribution < 1.29 is 17.2 Å². The van der Waals surface area contributed by atoms with E-state index in [0.29, 0.717) is 17.5 Å². The SMILES string of the molecule is CN(C)C1CCN(S(=O)(=O)c2cc(F)c(-c3ccc(C#N)cc3)cc2F)C1. The molecule has 2 aromatic rings. The number of halogens is 2. The Morgan fingerprint density at radius 3 is 2.37 bits per heavy atom. The Labute approximate surface area is 157 Å². The molecule has 2 aromatic carbocycles. The van der Waals surface area contributed by atoms with Gasteiger partial charge in [0.2, 0.25) is 10.0 Å². The van der Waals surface area contributed by atoms with Gasteiger partial charge >= 0.3 is 0 Å². The Hall–Kier alpha value is -2.34. The number of rotatable bonds is 4. The molecule has 1 atom stereocenters. The van der Waals surface area contributed by atoms with Gasteiger partial charge in [-0.05, 0) is 50.3 Å². The maximum Gasteiger partial charge on any atom is 0.246 e. The van der Waals surface area contributed by atoms with Gasteiger partial charge in [-0.1, -0.05) is 12.1 Å². The second-order valence-corrected chi connectivity index (χ2v) is 8.63. The lowest BCUT2D eigenvalue weighted by molar-refractivity contribution is 0.302. The summed E-state index contributed by atoms with van der Waals surface area (Å²) in [4.78, 5) is 1.26. The molecule has 0 aromatic heterocycles. The van der Waals surface area contributed by atoms with Crippen molar-refractivity contribution >= 4 is 10.0 Å². The number of likely N-dealkylation sites (N-methyl/N-ethyl adjacent to an activating group) is 1. The molecule has 0 bridgehead atoms. The number of benzene rings is 2. The quantitative estimate of drug-likeness (QED) is 0.804. The Morgan fingerprint density at radius 1 is 1.15 bits per heavy atom. The fraction of sp³-hybridized carbons (Fsp3) is 0.316. The van der Waals surface area contributed by atoms with E-state index in [4.69, 9.17) is 5.26 Å². The van der Waals surface area contributed by atoms with Crippen LogP contribution in [-0.2, 0) is 10.0 Å². The van der Waals surface area contributed by atoms with Crippen LogP contribution in [0.25, 0.3) is 11.1 Å². The standard InChI is InChI=1S/C19H19F2N3O2S/c1-23(2)15-7-8-24(12-15)27(25,26)19-10-17(20)16(9-18(19)21)14-5-3-13(11-22)4-6-14/h3-6,9-10,15H,7-8,12H2,1-2H3. The van der Waals surface area contributed by atoms with E-state index in [9.17, 15) is 17.2 Å². The van der Waals surface area contributed by atoms with E-state index in [-0.39, 0.29) is 24.7 Å². The Kier molecular flexibility index (Phi) is 5.29. The van der Waals surface area contributed by atoms with Crippen molar-refractivity contribution in [2.24, 2.45) is 0 Å². The summed E-state index contributed by atoms with van der Waals surface area (Å²) in [5.74, 6) is -1.83. The molecular weight excluding hydrogens is 372 g/mol. The summed E-state index contributed by atoms with van der Waals surface area (Å²) in [7, 11) is -0.410. The lowest BCUT2D eigenvalue weighted by atomic mass is 10.0. The molecule has 0 spiro atoms. The Balaban J connectivity index is 1.96. The summed E-state index contributed by atoms with van der Waals surface area (Å²) in [5, 5.41) is 8.82. The molecule has 27 heavy (non-hydrogen) atoms. The van der Waals surface area contributed by atoms with Gasteiger partial charge in [-0.3, -0.25) is 0 Å². The molecular formula is C19H19F2N3O2S. The van der Waals surface area contributed by atoms with Gasteiger partial charge in [0.15, 0.2) is 0 Å². The van der Waals surface area contributed by atoms with E-state index >= 15 is 0 Å². The summed E-state index contributed by atoms with van der Waals surface area (Å²) in [6.45, 7) is 0.511. The number of sulfonamides is 1. The van der Waals surface area contributed by atoms with Crippen molar-refractivity contribution in [1.82, 2.24) is 9.21 Å². The molecule has 1 aliphatic heterocycles. The van der Waals surface area contributed by atoms with Crippen LogP contribution in [-0.4, -0.2) is 50.8 Å². The first-order valence-electron chi connectivity index (χ1n) is 8.40. The van der Waals surface area contributed by atoms with E-state index in [2.05, 4.69) is 0 Å². The number of nitrogens with zero attached hydrogens (tertiary/aromatic N) is 3. The van der Waals surface area contributed by atoms with Gasteiger partial charge in [0.05, 0.1) is 11.6 Å². The van der Waals surface area contributed by atoms with Crippen LogP contribution < -0.4 is 0 Å². The van der Waals surface area contributed by atoms with E-state index in [0.717, 1.165) is 12.1 Å². The molecule has 5 nitrogen and oxygen atoms in total. The highest BCUT2D eigenvalue weighted by Gasteiger charge is 2.35. The van der Waals surface area contributed by atoms with Gasteiger partial charge in [0.25, 0.3) is 0 Å². The minimum atomic E-state index is -4.12. The van der Waals surface area contributed by atoms with E-state index in [1.165, 1.54) is 28.6 Å². The minimum absolute atomic E-state index is 0.0469. The second kappa shape index (κ2) is 7.35. The van der Waals surface area contributed by atoms with Crippen LogP contribution in [0.1, 0.15) is 12.0 Å². The monoisotopic (exact) mass is 391 g/mol. The predicted molar refractivity (Wildman–Crippen MR) is 97.4 cm³/mol. The topological polar surface area (TPSA) is 64.4 Å². The molecule has 0 saturated carbocycles. The highest BCUT2D eigenvalue weighted by molar-refractivity contribution is 7.89. The van der Waals surface area contributed by atoms with Crippen molar-refractivity contribution in [3.05, 3.63) is 53.6 Å². The van der Waals surface area contributed by atoms with Gasteiger partial charge < -0.3 is 4.90 Å². The third-order valence-electron chi connectivity index (χ3n) is 4.82. The van der Waals surface area contributed by atoms with Crippen molar-refractivity contribution in [1.29, 1.82) is 5.26 Å². The molecule has 3 rings (SSSR count). The molecule has 1 unspecified atom stereocenters.